The number of nitrogens with one attached hydrogen (secondary N) is 1. The number of hydrogen-bond acceptors (Lipinski definition) is 6. The molecule has 166 valence electrons. The lowest BCUT2D eigenvalue weighted by Crippen LogP contribution is -2.23. The Labute approximate surface area is 175 Å². The zero-order valence-electron chi connectivity index (χ0n) is 16.4. The highest BCUT2D eigenvalue weighted by Crippen LogP contribution is 2.37. The minimum absolute atomic E-state index is 0.0668. The summed E-state index contributed by atoms with van der Waals surface area (Å²) in [6.07, 6.45) is -4.71. The van der Waals surface area contributed by atoms with Crippen molar-refractivity contribution < 1.29 is 37.2 Å². The third kappa shape index (κ3) is 6.98. The van der Waals surface area contributed by atoms with E-state index in [9.17, 15) is 32.9 Å². The van der Waals surface area contributed by atoms with Crippen LogP contribution in [-0.2, 0) is 26.9 Å². The summed E-state index contributed by atoms with van der Waals surface area (Å²) in [7, 11) is 0. The van der Waals surface area contributed by atoms with Crippen LogP contribution in [-0.4, -0.2) is 30.0 Å². The summed E-state index contributed by atoms with van der Waals surface area (Å²) >= 11 is 0. The highest BCUT2D eigenvalue weighted by Gasteiger charge is 2.35. The number of rotatable bonds is 9. The van der Waals surface area contributed by atoms with Gasteiger partial charge in [0.15, 0.2) is 6.61 Å². The molecule has 2 aromatic carbocycles. The first-order chi connectivity index (χ1) is 14.6. The normalized spacial score (nSPS) is 11.0. The topological polar surface area (TPSA) is 108 Å². The Bertz CT molecular complexity index is 962. The van der Waals surface area contributed by atoms with E-state index in [0.717, 1.165) is 17.7 Å². The minimum atomic E-state index is -4.93. The van der Waals surface area contributed by atoms with Gasteiger partial charge in [-0.3, -0.25) is 19.7 Å². The van der Waals surface area contributed by atoms with E-state index in [1.54, 1.807) is 24.3 Å². The third-order valence-electron chi connectivity index (χ3n) is 4.03. The molecule has 0 atom stereocenters. The molecule has 0 saturated carbocycles. The van der Waals surface area contributed by atoms with Crippen LogP contribution in [0.1, 0.15) is 24.5 Å². The van der Waals surface area contributed by atoms with Crippen LogP contribution in [0.25, 0.3) is 0 Å². The summed E-state index contributed by atoms with van der Waals surface area (Å²) < 4.78 is 49.7. The first kappa shape index (κ1) is 23.6. The lowest BCUT2D eigenvalue weighted by Gasteiger charge is -2.14. The van der Waals surface area contributed by atoms with Gasteiger partial charge in [0.2, 0.25) is 0 Å². The molecular weight excluding hydrogens is 421 g/mol. The number of ether oxygens (including phenoxy) is 2. The summed E-state index contributed by atoms with van der Waals surface area (Å²) in [6.45, 7) is 1.46. The molecular formula is C20H19F3N2O6. The Kier molecular flexibility index (Phi) is 7.94. The number of halogens is 3. The smallest absolute Gasteiger partial charge is 0.418 e. The van der Waals surface area contributed by atoms with Crippen LogP contribution in [0.3, 0.4) is 0 Å². The SMILES string of the molecule is CCOc1ccccc1CCC(=O)OCC(=O)Nc1ccc([N+](=O)[O-])cc1C(F)(F)F. The maximum Gasteiger partial charge on any atom is 0.418 e. The fourth-order valence-corrected chi connectivity index (χ4v) is 2.64. The van der Waals surface area contributed by atoms with Crippen molar-refractivity contribution >= 4 is 23.3 Å². The summed E-state index contributed by atoms with van der Waals surface area (Å²) in [5.41, 5.74) is -2.06. The van der Waals surface area contributed by atoms with Crippen LogP contribution in [0.4, 0.5) is 24.5 Å². The summed E-state index contributed by atoms with van der Waals surface area (Å²) in [5.74, 6) is -1.11. The van der Waals surface area contributed by atoms with Crippen molar-refractivity contribution in [3.63, 3.8) is 0 Å². The third-order valence-corrected chi connectivity index (χ3v) is 4.03. The van der Waals surface area contributed by atoms with Gasteiger partial charge in [-0.1, -0.05) is 18.2 Å². The number of carbonyl (C=O) groups excluding carboxylic acids is 2. The summed E-state index contributed by atoms with van der Waals surface area (Å²) in [6, 6.07) is 9.00. The lowest BCUT2D eigenvalue weighted by atomic mass is 10.1. The van der Waals surface area contributed by atoms with E-state index >= 15 is 0 Å². The van der Waals surface area contributed by atoms with Crippen LogP contribution in [0.2, 0.25) is 0 Å². The molecule has 1 N–H and O–H groups in total. The Balaban J connectivity index is 1.93. The number of para-hydroxylation sites is 1. The van der Waals surface area contributed by atoms with E-state index in [1.807, 2.05) is 12.2 Å². The number of nitro groups is 1. The molecule has 2 rings (SSSR count). The van der Waals surface area contributed by atoms with Crippen LogP contribution in [0.15, 0.2) is 42.5 Å². The molecule has 0 aromatic heterocycles. The van der Waals surface area contributed by atoms with Crippen molar-refractivity contribution in [1.29, 1.82) is 0 Å². The maximum atomic E-state index is 13.1. The first-order valence-corrected chi connectivity index (χ1v) is 9.13. The van der Waals surface area contributed by atoms with Crippen LogP contribution >= 0.6 is 0 Å². The Morgan fingerprint density at radius 3 is 2.52 bits per heavy atom. The maximum absolute atomic E-state index is 13.1. The van der Waals surface area contributed by atoms with Crippen LogP contribution < -0.4 is 10.1 Å². The van der Waals surface area contributed by atoms with E-state index in [-0.39, 0.29) is 12.8 Å². The summed E-state index contributed by atoms with van der Waals surface area (Å²) in [5, 5.41) is 12.7. The van der Waals surface area contributed by atoms with E-state index < -0.39 is 46.5 Å². The van der Waals surface area contributed by atoms with Gasteiger partial charge in [-0.15, -0.1) is 0 Å². The number of benzene rings is 2. The van der Waals surface area contributed by atoms with Crippen molar-refractivity contribution in [2.24, 2.45) is 0 Å². The molecule has 0 radical (unpaired) electrons. The molecule has 0 aliphatic heterocycles. The Morgan fingerprint density at radius 2 is 1.87 bits per heavy atom. The largest absolute Gasteiger partial charge is 0.494 e. The van der Waals surface area contributed by atoms with Gasteiger partial charge in [-0.25, -0.2) is 0 Å². The number of amides is 1. The Hall–Kier alpha value is -3.63. The standard InChI is InChI=1S/C20H19F3N2O6/c1-2-30-17-6-4-3-5-13(17)7-10-19(27)31-12-18(26)24-16-9-8-14(25(28)29)11-15(16)20(21,22)23/h3-6,8-9,11H,2,7,10,12H2,1H3,(H,24,26). The fraction of sp³-hybridized carbons (Fsp3) is 0.300. The van der Waals surface area contributed by atoms with Crippen molar-refractivity contribution in [1.82, 2.24) is 0 Å². The number of carbonyl (C=O) groups is 2. The molecule has 0 fully saturated rings. The van der Waals surface area contributed by atoms with Crippen LogP contribution in [0.5, 0.6) is 5.75 Å². The monoisotopic (exact) mass is 440 g/mol. The molecule has 0 heterocycles. The quantitative estimate of drug-likeness (QED) is 0.357. The van der Waals surface area contributed by atoms with E-state index in [4.69, 9.17) is 9.47 Å². The van der Waals surface area contributed by atoms with Crippen molar-refractivity contribution in [2.45, 2.75) is 25.9 Å². The fourth-order valence-electron chi connectivity index (χ4n) is 2.64. The van der Waals surface area contributed by atoms with Crippen molar-refractivity contribution in [3.8, 4) is 5.75 Å². The van der Waals surface area contributed by atoms with Gasteiger partial charge in [0.05, 0.1) is 22.8 Å². The van der Waals surface area contributed by atoms with Gasteiger partial charge in [-0.05, 0) is 31.0 Å². The summed E-state index contributed by atoms with van der Waals surface area (Å²) in [4.78, 5) is 33.5. The number of aryl methyl sites for hydroxylation is 1. The Morgan fingerprint density at radius 1 is 1.16 bits per heavy atom. The molecule has 0 bridgehead atoms. The van der Waals surface area contributed by atoms with Gasteiger partial charge >= 0.3 is 12.1 Å². The number of non-ortho nitro benzene ring substituents is 1. The first-order valence-electron chi connectivity index (χ1n) is 9.13. The van der Waals surface area contributed by atoms with Gasteiger partial charge in [0, 0.05) is 18.6 Å². The molecule has 0 aliphatic carbocycles. The zero-order chi connectivity index (χ0) is 23.0. The zero-order valence-corrected chi connectivity index (χ0v) is 16.4. The van der Waals surface area contributed by atoms with Gasteiger partial charge in [0.25, 0.3) is 11.6 Å². The second-order valence-corrected chi connectivity index (χ2v) is 6.23. The van der Waals surface area contributed by atoms with E-state index in [1.165, 1.54) is 0 Å². The predicted molar refractivity (Wildman–Crippen MR) is 104 cm³/mol. The molecule has 11 heteroatoms. The number of nitro benzene ring substituents is 1. The van der Waals surface area contributed by atoms with Crippen molar-refractivity contribution in [2.75, 3.05) is 18.5 Å². The van der Waals surface area contributed by atoms with Gasteiger partial charge < -0.3 is 14.8 Å². The highest BCUT2D eigenvalue weighted by atomic mass is 19.4. The molecule has 0 aliphatic rings. The molecule has 31 heavy (non-hydrogen) atoms. The molecule has 0 unspecified atom stereocenters. The number of alkyl halides is 3. The lowest BCUT2D eigenvalue weighted by molar-refractivity contribution is -0.385. The average molecular weight is 440 g/mol. The molecule has 0 saturated heterocycles. The second kappa shape index (κ2) is 10.4. The van der Waals surface area contributed by atoms with Gasteiger partial charge in [0.1, 0.15) is 5.75 Å². The second-order valence-electron chi connectivity index (χ2n) is 6.23. The molecule has 0 spiro atoms. The highest BCUT2D eigenvalue weighted by molar-refractivity contribution is 5.93. The number of nitrogens with zero attached hydrogens (tertiary/aromatic N) is 1. The number of hydrogen-bond donors (Lipinski definition) is 1. The van der Waals surface area contributed by atoms with E-state index in [2.05, 4.69) is 0 Å². The van der Waals surface area contributed by atoms with Crippen molar-refractivity contribution in [3.05, 3.63) is 63.7 Å². The average Bonchev–Trinajstić information content (AvgIpc) is 2.71. The number of anilines is 1. The molecule has 8 nitrogen and oxygen atoms in total. The molecule has 2 aromatic rings. The molecule has 1 amide bonds. The predicted octanol–water partition coefficient (Wildman–Crippen LogP) is 4.13. The van der Waals surface area contributed by atoms with E-state index in [0.29, 0.717) is 18.4 Å². The number of esters is 1. The van der Waals surface area contributed by atoms with Gasteiger partial charge in [-0.2, -0.15) is 13.2 Å². The van der Waals surface area contributed by atoms with Crippen LogP contribution in [0, 0.1) is 10.1 Å². The minimum Gasteiger partial charge on any atom is -0.494 e.